The highest BCUT2D eigenvalue weighted by atomic mass is 32.2. The molecule has 0 radical (unpaired) electrons. The van der Waals surface area contributed by atoms with Crippen molar-refractivity contribution in [3.63, 3.8) is 0 Å². The fourth-order valence-corrected chi connectivity index (χ4v) is 3.61. The second-order valence-electron chi connectivity index (χ2n) is 4.46. The SMILES string of the molecule is CCSc1cccc(NCCCCCSC)c1C(N)=S. The van der Waals surface area contributed by atoms with Crippen molar-refractivity contribution in [1.29, 1.82) is 0 Å². The Kier molecular flexibility index (Phi) is 9.14. The van der Waals surface area contributed by atoms with Crippen LogP contribution in [0, 0.1) is 0 Å². The highest BCUT2D eigenvalue weighted by Crippen LogP contribution is 2.28. The van der Waals surface area contributed by atoms with Crippen LogP contribution in [0.1, 0.15) is 31.7 Å². The number of thiocarbonyl (C=S) groups is 1. The summed E-state index contributed by atoms with van der Waals surface area (Å²) in [6.07, 6.45) is 5.89. The van der Waals surface area contributed by atoms with Gasteiger partial charge in [-0.3, -0.25) is 0 Å². The van der Waals surface area contributed by atoms with Crippen molar-refractivity contribution < 1.29 is 0 Å². The van der Waals surface area contributed by atoms with E-state index in [1.165, 1.54) is 29.9 Å². The minimum absolute atomic E-state index is 0.478. The van der Waals surface area contributed by atoms with E-state index in [0.29, 0.717) is 4.99 Å². The van der Waals surface area contributed by atoms with E-state index < -0.39 is 0 Å². The van der Waals surface area contributed by atoms with Crippen molar-refractivity contribution >= 4 is 46.4 Å². The minimum Gasteiger partial charge on any atom is -0.389 e. The summed E-state index contributed by atoms with van der Waals surface area (Å²) in [5, 5.41) is 3.48. The fourth-order valence-electron chi connectivity index (χ4n) is 1.98. The number of nitrogens with two attached hydrogens (primary N) is 1. The molecule has 3 N–H and O–H groups in total. The molecule has 1 rings (SSSR count). The zero-order chi connectivity index (χ0) is 14.8. The van der Waals surface area contributed by atoms with Gasteiger partial charge in [-0.25, -0.2) is 0 Å². The molecule has 0 fully saturated rings. The molecular formula is C15H24N2S3. The number of hydrogen-bond acceptors (Lipinski definition) is 4. The number of thioether (sulfide) groups is 2. The van der Waals surface area contributed by atoms with Gasteiger partial charge in [0.2, 0.25) is 0 Å². The Labute approximate surface area is 136 Å². The Morgan fingerprint density at radius 3 is 2.75 bits per heavy atom. The number of nitrogens with one attached hydrogen (secondary N) is 1. The maximum absolute atomic E-state index is 5.89. The quantitative estimate of drug-likeness (QED) is 0.379. The summed E-state index contributed by atoms with van der Waals surface area (Å²) in [5.41, 5.74) is 7.96. The van der Waals surface area contributed by atoms with E-state index in [4.69, 9.17) is 18.0 Å². The maximum atomic E-state index is 5.89. The van der Waals surface area contributed by atoms with E-state index >= 15 is 0 Å². The van der Waals surface area contributed by atoms with Crippen molar-refractivity contribution in [3.8, 4) is 0 Å². The van der Waals surface area contributed by atoms with Gasteiger partial charge in [0.05, 0.1) is 0 Å². The second kappa shape index (κ2) is 10.4. The molecule has 0 spiro atoms. The van der Waals surface area contributed by atoms with E-state index in [1.807, 2.05) is 11.8 Å². The molecule has 20 heavy (non-hydrogen) atoms. The summed E-state index contributed by atoms with van der Waals surface area (Å²) in [6.45, 7) is 3.12. The van der Waals surface area contributed by atoms with E-state index in [9.17, 15) is 0 Å². The monoisotopic (exact) mass is 328 g/mol. The molecule has 0 unspecified atom stereocenters. The lowest BCUT2D eigenvalue weighted by atomic mass is 10.1. The topological polar surface area (TPSA) is 38.0 Å². The smallest absolute Gasteiger partial charge is 0.107 e. The normalized spacial score (nSPS) is 10.5. The van der Waals surface area contributed by atoms with Crippen molar-refractivity contribution in [2.24, 2.45) is 5.73 Å². The number of rotatable bonds is 10. The third-order valence-electron chi connectivity index (χ3n) is 2.91. The molecule has 112 valence electrons. The van der Waals surface area contributed by atoms with Crippen LogP contribution in [0.2, 0.25) is 0 Å². The van der Waals surface area contributed by atoms with E-state index in [2.05, 4.69) is 36.7 Å². The number of anilines is 1. The van der Waals surface area contributed by atoms with E-state index in [1.54, 1.807) is 11.8 Å². The third kappa shape index (κ3) is 5.94. The first kappa shape index (κ1) is 17.7. The first-order valence-corrected chi connectivity index (χ1v) is 9.77. The van der Waals surface area contributed by atoms with Crippen LogP contribution >= 0.6 is 35.7 Å². The summed E-state index contributed by atoms with van der Waals surface area (Å²) < 4.78 is 0. The Morgan fingerprint density at radius 1 is 1.30 bits per heavy atom. The summed E-state index contributed by atoms with van der Waals surface area (Å²) in [6, 6.07) is 6.22. The van der Waals surface area contributed by atoms with Crippen LogP contribution in [0.5, 0.6) is 0 Å². The summed E-state index contributed by atoms with van der Waals surface area (Å²) in [7, 11) is 0. The molecule has 0 atom stereocenters. The Morgan fingerprint density at radius 2 is 2.10 bits per heavy atom. The van der Waals surface area contributed by atoms with Crippen LogP contribution in [0.3, 0.4) is 0 Å². The number of unbranched alkanes of at least 4 members (excludes halogenated alkanes) is 2. The zero-order valence-corrected chi connectivity index (χ0v) is 14.7. The molecule has 0 aliphatic heterocycles. The highest BCUT2D eigenvalue weighted by Gasteiger charge is 2.10. The molecular weight excluding hydrogens is 304 g/mol. The summed E-state index contributed by atoms with van der Waals surface area (Å²) in [5.74, 6) is 2.27. The van der Waals surface area contributed by atoms with Gasteiger partial charge in [0, 0.05) is 22.7 Å². The van der Waals surface area contributed by atoms with Crippen LogP contribution in [-0.4, -0.2) is 29.3 Å². The summed E-state index contributed by atoms with van der Waals surface area (Å²) >= 11 is 8.91. The standard InChI is InChI=1S/C15H24N2S3/c1-3-20-13-9-7-8-12(14(13)15(16)18)17-10-5-4-6-11-19-2/h7-9,17H,3-6,10-11H2,1-2H3,(H2,16,18). The zero-order valence-electron chi connectivity index (χ0n) is 12.3. The average molecular weight is 329 g/mol. The number of hydrogen-bond donors (Lipinski definition) is 2. The van der Waals surface area contributed by atoms with Gasteiger partial charge in [0.25, 0.3) is 0 Å². The van der Waals surface area contributed by atoms with Gasteiger partial charge < -0.3 is 11.1 Å². The molecule has 0 amide bonds. The number of benzene rings is 1. The molecule has 1 aromatic rings. The minimum atomic E-state index is 0.478. The lowest BCUT2D eigenvalue weighted by Gasteiger charge is -2.14. The van der Waals surface area contributed by atoms with Crippen LogP contribution in [0.25, 0.3) is 0 Å². The third-order valence-corrected chi connectivity index (χ3v) is 4.75. The van der Waals surface area contributed by atoms with Gasteiger partial charge in [-0.05, 0) is 42.7 Å². The summed E-state index contributed by atoms with van der Waals surface area (Å²) in [4.78, 5) is 1.65. The molecule has 0 heterocycles. The molecule has 0 bridgehead atoms. The Bertz CT molecular complexity index is 422. The molecule has 0 aliphatic carbocycles. The largest absolute Gasteiger partial charge is 0.389 e. The first-order valence-electron chi connectivity index (χ1n) is 6.99. The Balaban J connectivity index is 2.60. The van der Waals surface area contributed by atoms with Gasteiger partial charge in [0.1, 0.15) is 4.99 Å². The second-order valence-corrected chi connectivity index (χ2v) is 7.19. The van der Waals surface area contributed by atoms with Gasteiger partial charge in [-0.1, -0.05) is 31.6 Å². The Hall–Kier alpha value is -0.390. The molecule has 0 aliphatic rings. The average Bonchev–Trinajstić information content (AvgIpc) is 2.43. The predicted octanol–water partition coefficient (Wildman–Crippen LogP) is 4.38. The van der Waals surface area contributed by atoms with Gasteiger partial charge in [0.15, 0.2) is 0 Å². The molecule has 2 nitrogen and oxygen atoms in total. The van der Waals surface area contributed by atoms with Crippen molar-refractivity contribution in [2.45, 2.75) is 31.1 Å². The van der Waals surface area contributed by atoms with Crippen molar-refractivity contribution in [1.82, 2.24) is 0 Å². The van der Waals surface area contributed by atoms with E-state index in [-0.39, 0.29) is 0 Å². The van der Waals surface area contributed by atoms with Gasteiger partial charge >= 0.3 is 0 Å². The van der Waals surface area contributed by atoms with Crippen LogP contribution < -0.4 is 11.1 Å². The van der Waals surface area contributed by atoms with Crippen molar-refractivity contribution in [3.05, 3.63) is 23.8 Å². The van der Waals surface area contributed by atoms with Crippen LogP contribution in [-0.2, 0) is 0 Å². The fraction of sp³-hybridized carbons (Fsp3) is 0.533. The van der Waals surface area contributed by atoms with Crippen LogP contribution in [0.4, 0.5) is 5.69 Å². The lowest BCUT2D eigenvalue weighted by Crippen LogP contribution is -2.15. The van der Waals surface area contributed by atoms with Crippen LogP contribution in [0.15, 0.2) is 23.1 Å². The molecule has 0 saturated heterocycles. The maximum Gasteiger partial charge on any atom is 0.107 e. The molecule has 0 saturated carbocycles. The van der Waals surface area contributed by atoms with Gasteiger partial charge in [-0.2, -0.15) is 11.8 Å². The first-order chi connectivity index (χ1) is 9.70. The van der Waals surface area contributed by atoms with Crippen molar-refractivity contribution in [2.75, 3.05) is 29.6 Å². The highest BCUT2D eigenvalue weighted by molar-refractivity contribution is 7.99. The molecule has 5 heteroatoms. The molecule has 0 aromatic heterocycles. The molecule has 1 aromatic carbocycles. The lowest BCUT2D eigenvalue weighted by molar-refractivity contribution is 0.749. The van der Waals surface area contributed by atoms with Gasteiger partial charge in [-0.15, -0.1) is 11.8 Å². The predicted molar refractivity (Wildman–Crippen MR) is 99.5 cm³/mol. The van der Waals surface area contributed by atoms with E-state index in [0.717, 1.165) is 23.5 Å².